The molecular weight excluding hydrogens is 380 g/mol. The lowest BCUT2D eigenvalue weighted by Crippen LogP contribution is -2.25. The molecule has 0 atom stereocenters. The van der Waals surface area contributed by atoms with Crippen LogP contribution in [0.25, 0.3) is 0 Å². The number of nitrogens with one attached hydrogen (secondary N) is 3. The molecule has 0 bridgehead atoms. The summed E-state index contributed by atoms with van der Waals surface area (Å²) >= 11 is 0. The molecule has 1 amide bonds. The van der Waals surface area contributed by atoms with Crippen LogP contribution >= 0.6 is 0 Å². The molecule has 140 valence electrons. The summed E-state index contributed by atoms with van der Waals surface area (Å²) in [4.78, 5) is 11.3. The van der Waals surface area contributed by atoms with Crippen LogP contribution in [0.2, 0.25) is 0 Å². The van der Waals surface area contributed by atoms with Crippen LogP contribution < -0.4 is 20.5 Å². The van der Waals surface area contributed by atoms with Crippen LogP contribution in [0.5, 0.6) is 0 Å². The van der Waals surface area contributed by atoms with Gasteiger partial charge in [0.15, 0.2) is 0 Å². The van der Waals surface area contributed by atoms with Crippen molar-refractivity contribution in [3.8, 4) is 0 Å². The Morgan fingerprint density at radius 2 is 1.38 bits per heavy atom. The van der Waals surface area contributed by atoms with Crippen molar-refractivity contribution in [1.82, 2.24) is 5.32 Å². The first kappa shape index (κ1) is 19.8. The van der Waals surface area contributed by atoms with Crippen LogP contribution in [0.3, 0.4) is 0 Å². The van der Waals surface area contributed by atoms with Crippen molar-refractivity contribution in [2.24, 2.45) is 5.14 Å². The Kier molecular flexibility index (Phi) is 5.97. The molecule has 0 aliphatic heterocycles. The molecule has 0 aliphatic rings. The molecule has 5 N–H and O–H groups in total. The summed E-state index contributed by atoms with van der Waals surface area (Å²) in [6.07, 6.45) is 0. The quantitative estimate of drug-likeness (QED) is 0.527. The van der Waals surface area contributed by atoms with Gasteiger partial charge in [-0.15, -0.1) is 0 Å². The number of primary sulfonamides is 1. The third-order valence-corrected chi connectivity index (χ3v) is 5.55. The average molecular weight is 398 g/mol. The monoisotopic (exact) mass is 398 g/mol. The maximum Gasteiger partial charge on any atom is 0.261 e. The fraction of sp³-hybridized carbons (Fsp3) is 0.133. The van der Waals surface area contributed by atoms with Crippen LogP contribution in [-0.2, 0) is 24.8 Å². The molecule has 0 spiro atoms. The molecule has 0 saturated heterocycles. The van der Waals surface area contributed by atoms with E-state index in [1.54, 1.807) is 7.05 Å². The van der Waals surface area contributed by atoms with E-state index in [9.17, 15) is 21.6 Å². The van der Waals surface area contributed by atoms with Gasteiger partial charge in [0.25, 0.3) is 10.0 Å². The summed E-state index contributed by atoms with van der Waals surface area (Å²) in [6, 6.07) is 10.6. The molecule has 0 aromatic heterocycles. The van der Waals surface area contributed by atoms with Crippen molar-refractivity contribution in [1.29, 1.82) is 0 Å². The minimum absolute atomic E-state index is 0.0142. The summed E-state index contributed by atoms with van der Waals surface area (Å²) in [5, 5.41) is 10.3. The first-order valence-corrected chi connectivity index (χ1v) is 10.3. The number of rotatable bonds is 7. The number of anilines is 2. The SMILES string of the molecule is CNCC(=O)Nc1ccc(S(=O)(=O)Nc2ccc(S(N)(=O)=O)cc2)cc1. The van der Waals surface area contributed by atoms with E-state index in [4.69, 9.17) is 5.14 Å². The van der Waals surface area contributed by atoms with Gasteiger partial charge >= 0.3 is 0 Å². The molecule has 0 fully saturated rings. The lowest BCUT2D eigenvalue weighted by Gasteiger charge is -2.10. The Morgan fingerprint density at radius 1 is 0.885 bits per heavy atom. The fourth-order valence-corrected chi connectivity index (χ4v) is 3.58. The number of sulfonamides is 2. The van der Waals surface area contributed by atoms with E-state index < -0.39 is 20.0 Å². The van der Waals surface area contributed by atoms with Gasteiger partial charge in [0.05, 0.1) is 16.3 Å². The minimum Gasteiger partial charge on any atom is -0.325 e. The molecule has 26 heavy (non-hydrogen) atoms. The summed E-state index contributed by atoms with van der Waals surface area (Å²) < 4.78 is 49.5. The Morgan fingerprint density at radius 3 is 1.88 bits per heavy atom. The van der Waals surface area contributed by atoms with Gasteiger partial charge in [0.2, 0.25) is 15.9 Å². The molecule has 11 heteroatoms. The topological polar surface area (TPSA) is 147 Å². The summed E-state index contributed by atoms with van der Waals surface area (Å²) in [5.41, 5.74) is 0.644. The van der Waals surface area contributed by atoms with E-state index in [1.807, 2.05) is 0 Å². The highest BCUT2D eigenvalue weighted by atomic mass is 32.2. The summed E-state index contributed by atoms with van der Waals surface area (Å²) in [5.74, 6) is -0.254. The van der Waals surface area contributed by atoms with Crippen LogP contribution in [0.15, 0.2) is 58.3 Å². The minimum atomic E-state index is -3.87. The number of hydrogen-bond donors (Lipinski definition) is 4. The van der Waals surface area contributed by atoms with Gasteiger partial charge in [-0.05, 0) is 55.6 Å². The second-order valence-corrected chi connectivity index (χ2v) is 8.52. The predicted molar refractivity (Wildman–Crippen MR) is 97.6 cm³/mol. The third-order valence-electron chi connectivity index (χ3n) is 3.22. The molecule has 0 heterocycles. The predicted octanol–water partition coefficient (Wildman–Crippen LogP) is 0.293. The molecule has 2 rings (SSSR count). The molecular formula is C15H18N4O5S2. The average Bonchev–Trinajstić information content (AvgIpc) is 2.55. The van der Waals surface area contributed by atoms with Crippen molar-refractivity contribution in [2.75, 3.05) is 23.6 Å². The van der Waals surface area contributed by atoms with E-state index >= 15 is 0 Å². The molecule has 0 saturated carbocycles. The maximum absolute atomic E-state index is 12.4. The Hall–Kier alpha value is -2.47. The molecule has 0 aliphatic carbocycles. The van der Waals surface area contributed by atoms with Gasteiger partial charge < -0.3 is 10.6 Å². The van der Waals surface area contributed by atoms with Gasteiger partial charge in [-0.1, -0.05) is 0 Å². The van der Waals surface area contributed by atoms with E-state index in [0.29, 0.717) is 5.69 Å². The number of hydrogen-bond acceptors (Lipinski definition) is 6. The lowest BCUT2D eigenvalue weighted by atomic mass is 10.3. The largest absolute Gasteiger partial charge is 0.325 e. The zero-order valence-electron chi connectivity index (χ0n) is 13.8. The molecule has 2 aromatic rings. The number of benzene rings is 2. The standard InChI is InChI=1S/C15H18N4O5S2/c1-17-10-15(20)18-11-2-8-14(9-3-11)26(23,24)19-12-4-6-13(7-5-12)25(16,21)22/h2-9,17,19H,10H2,1H3,(H,18,20)(H2,16,21,22). The number of carbonyl (C=O) groups is 1. The first-order valence-electron chi connectivity index (χ1n) is 7.32. The fourth-order valence-electron chi connectivity index (χ4n) is 2.01. The molecule has 9 nitrogen and oxygen atoms in total. The van der Waals surface area contributed by atoms with Crippen molar-refractivity contribution >= 4 is 37.3 Å². The summed E-state index contributed by atoms with van der Waals surface area (Å²) in [6.45, 7) is 0.135. The van der Waals surface area contributed by atoms with E-state index in [-0.39, 0.29) is 27.9 Å². The molecule has 2 aromatic carbocycles. The zero-order chi connectivity index (χ0) is 19.4. The smallest absolute Gasteiger partial charge is 0.261 e. The highest BCUT2D eigenvalue weighted by Crippen LogP contribution is 2.19. The summed E-state index contributed by atoms with van der Waals surface area (Å²) in [7, 11) is -6.09. The Balaban J connectivity index is 2.13. The molecule has 0 radical (unpaired) electrons. The van der Waals surface area contributed by atoms with E-state index in [0.717, 1.165) is 0 Å². The van der Waals surface area contributed by atoms with Crippen LogP contribution in [-0.4, -0.2) is 36.3 Å². The number of nitrogens with two attached hydrogens (primary N) is 1. The van der Waals surface area contributed by atoms with Gasteiger partial charge in [-0.2, -0.15) is 0 Å². The van der Waals surface area contributed by atoms with Crippen molar-refractivity contribution < 1.29 is 21.6 Å². The van der Waals surface area contributed by atoms with Crippen molar-refractivity contribution in [3.63, 3.8) is 0 Å². The van der Waals surface area contributed by atoms with Gasteiger partial charge in [-0.25, -0.2) is 22.0 Å². The van der Waals surface area contributed by atoms with Crippen LogP contribution in [0.4, 0.5) is 11.4 Å². The second-order valence-electron chi connectivity index (χ2n) is 5.28. The zero-order valence-corrected chi connectivity index (χ0v) is 15.4. The normalized spacial score (nSPS) is 11.8. The number of amides is 1. The highest BCUT2D eigenvalue weighted by molar-refractivity contribution is 7.92. The maximum atomic E-state index is 12.4. The Labute approximate surface area is 151 Å². The number of likely N-dealkylation sites (N-methyl/N-ethyl adjacent to an activating group) is 1. The van der Waals surface area contributed by atoms with E-state index in [1.165, 1.54) is 48.5 Å². The molecule has 0 unspecified atom stereocenters. The second kappa shape index (κ2) is 7.83. The van der Waals surface area contributed by atoms with Crippen molar-refractivity contribution in [2.45, 2.75) is 9.79 Å². The van der Waals surface area contributed by atoms with Gasteiger partial charge in [0.1, 0.15) is 0 Å². The van der Waals surface area contributed by atoms with E-state index in [2.05, 4.69) is 15.4 Å². The number of carbonyl (C=O) groups excluding carboxylic acids is 1. The van der Waals surface area contributed by atoms with Gasteiger partial charge in [0, 0.05) is 11.4 Å². The highest BCUT2D eigenvalue weighted by Gasteiger charge is 2.15. The van der Waals surface area contributed by atoms with Gasteiger partial charge in [-0.3, -0.25) is 9.52 Å². The van der Waals surface area contributed by atoms with Crippen LogP contribution in [0, 0.1) is 0 Å². The Bertz CT molecular complexity index is 985. The van der Waals surface area contributed by atoms with Crippen molar-refractivity contribution in [3.05, 3.63) is 48.5 Å². The first-order chi connectivity index (χ1) is 12.1. The lowest BCUT2D eigenvalue weighted by molar-refractivity contribution is -0.115. The van der Waals surface area contributed by atoms with Crippen LogP contribution in [0.1, 0.15) is 0 Å². The third kappa shape index (κ3) is 5.26.